The van der Waals surface area contributed by atoms with Crippen LogP contribution in [0.3, 0.4) is 0 Å². The number of nitrogens with zero attached hydrogens (tertiary/aromatic N) is 2. The minimum Gasteiger partial charge on any atom is -0.378 e. The second kappa shape index (κ2) is 6.90. The Hall–Kier alpha value is -0.870. The lowest BCUT2D eigenvalue weighted by molar-refractivity contribution is 0.100. The fourth-order valence-corrected chi connectivity index (χ4v) is 2.34. The fourth-order valence-electron chi connectivity index (χ4n) is 2.34. The van der Waals surface area contributed by atoms with Crippen molar-refractivity contribution in [2.45, 2.75) is 52.3 Å². The lowest BCUT2D eigenvalue weighted by Crippen LogP contribution is -2.22. The van der Waals surface area contributed by atoms with E-state index >= 15 is 0 Å². The quantitative estimate of drug-likeness (QED) is 0.807. The Kier molecular flexibility index (Phi) is 5.20. The monoisotopic (exact) mass is 251 g/mol. The molecule has 2 heterocycles. The first-order valence-corrected chi connectivity index (χ1v) is 7.08. The van der Waals surface area contributed by atoms with Gasteiger partial charge in [-0.2, -0.15) is 0 Å². The third-order valence-corrected chi connectivity index (χ3v) is 3.35. The summed E-state index contributed by atoms with van der Waals surface area (Å²) in [6.07, 6.45) is 7.97. The molecule has 4 heteroatoms. The molecule has 1 fully saturated rings. The lowest BCUT2D eigenvalue weighted by Gasteiger charge is -2.12. The van der Waals surface area contributed by atoms with Crippen LogP contribution >= 0.6 is 0 Å². The summed E-state index contributed by atoms with van der Waals surface area (Å²) in [5.41, 5.74) is 0. The first kappa shape index (κ1) is 13.6. The van der Waals surface area contributed by atoms with Gasteiger partial charge in [0.05, 0.1) is 12.6 Å². The van der Waals surface area contributed by atoms with Gasteiger partial charge in [0.15, 0.2) is 0 Å². The standard InChI is InChI=1S/C14H25N3O/c1-12(2)10-15-11-14-16-6-8-17(14)7-5-13-4-3-9-18-13/h6,8,12-13,15H,3-5,7,9-11H2,1-2H3. The zero-order chi connectivity index (χ0) is 12.8. The summed E-state index contributed by atoms with van der Waals surface area (Å²) in [6.45, 7) is 8.30. The molecule has 0 spiro atoms. The lowest BCUT2D eigenvalue weighted by atomic mass is 10.2. The first-order chi connectivity index (χ1) is 8.75. The predicted molar refractivity (Wildman–Crippen MR) is 72.4 cm³/mol. The molecule has 0 amide bonds. The molecule has 0 saturated carbocycles. The minimum atomic E-state index is 0.462. The topological polar surface area (TPSA) is 39.1 Å². The summed E-state index contributed by atoms with van der Waals surface area (Å²) in [6, 6.07) is 0. The summed E-state index contributed by atoms with van der Waals surface area (Å²) in [4.78, 5) is 4.42. The fraction of sp³-hybridized carbons (Fsp3) is 0.786. The highest BCUT2D eigenvalue weighted by atomic mass is 16.5. The van der Waals surface area contributed by atoms with Crippen molar-refractivity contribution in [3.63, 3.8) is 0 Å². The molecule has 0 aliphatic carbocycles. The molecule has 1 saturated heterocycles. The minimum absolute atomic E-state index is 0.462. The zero-order valence-electron chi connectivity index (χ0n) is 11.6. The second-order valence-corrected chi connectivity index (χ2v) is 5.49. The molecular weight excluding hydrogens is 226 g/mol. The number of rotatable bonds is 7. The van der Waals surface area contributed by atoms with E-state index in [0.29, 0.717) is 12.0 Å². The Bertz CT molecular complexity index is 343. The number of hydrogen-bond acceptors (Lipinski definition) is 3. The molecule has 0 bridgehead atoms. The zero-order valence-corrected chi connectivity index (χ0v) is 11.6. The average molecular weight is 251 g/mol. The van der Waals surface area contributed by atoms with Crippen molar-refractivity contribution in [2.75, 3.05) is 13.2 Å². The summed E-state index contributed by atoms with van der Waals surface area (Å²) >= 11 is 0. The Morgan fingerprint density at radius 3 is 3.17 bits per heavy atom. The third kappa shape index (κ3) is 4.10. The van der Waals surface area contributed by atoms with Gasteiger partial charge in [0.1, 0.15) is 5.82 Å². The molecule has 1 aliphatic rings. The predicted octanol–water partition coefficient (Wildman–Crippen LogP) is 2.20. The number of ether oxygens (including phenoxy) is 1. The molecule has 1 unspecified atom stereocenters. The molecule has 1 aromatic heterocycles. The highest BCUT2D eigenvalue weighted by Gasteiger charge is 2.15. The summed E-state index contributed by atoms with van der Waals surface area (Å²) in [7, 11) is 0. The van der Waals surface area contributed by atoms with E-state index in [1.54, 1.807) is 0 Å². The van der Waals surface area contributed by atoms with E-state index in [2.05, 4.69) is 34.9 Å². The molecule has 1 atom stereocenters. The molecule has 1 aliphatic heterocycles. The second-order valence-electron chi connectivity index (χ2n) is 5.49. The highest BCUT2D eigenvalue weighted by molar-refractivity contribution is 4.92. The van der Waals surface area contributed by atoms with Crippen LogP contribution in [0.15, 0.2) is 12.4 Å². The van der Waals surface area contributed by atoms with Gasteiger partial charge in [-0.3, -0.25) is 0 Å². The molecule has 18 heavy (non-hydrogen) atoms. The van der Waals surface area contributed by atoms with Gasteiger partial charge in [-0.1, -0.05) is 13.8 Å². The summed E-state index contributed by atoms with van der Waals surface area (Å²) in [5, 5.41) is 3.44. The number of imidazole rings is 1. The SMILES string of the molecule is CC(C)CNCc1nccn1CCC1CCCO1. The van der Waals surface area contributed by atoms with Crippen molar-refractivity contribution in [2.24, 2.45) is 5.92 Å². The van der Waals surface area contributed by atoms with E-state index in [0.717, 1.165) is 38.5 Å². The van der Waals surface area contributed by atoms with Crippen LogP contribution in [0.1, 0.15) is 38.9 Å². The van der Waals surface area contributed by atoms with Gasteiger partial charge in [-0.25, -0.2) is 4.98 Å². The summed E-state index contributed by atoms with van der Waals surface area (Å²) in [5.74, 6) is 1.81. The average Bonchev–Trinajstić information content (AvgIpc) is 2.96. The van der Waals surface area contributed by atoms with Gasteiger partial charge in [0, 0.05) is 25.5 Å². The summed E-state index contributed by atoms with van der Waals surface area (Å²) < 4.78 is 7.90. The van der Waals surface area contributed by atoms with Crippen LogP contribution in [0, 0.1) is 5.92 Å². The maximum atomic E-state index is 5.65. The smallest absolute Gasteiger partial charge is 0.122 e. The van der Waals surface area contributed by atoms with Crippen molar-refractivity contribution in [3.05, 3.63) is 18.2 Å². The molecule has 102 valence electrons. The van der Waals surface area contributed by atoms with E-state index in [9.17, 15) is 0 Å². The largest absolute Gasteiger partial charge is 0.378 e. The van der Waals surface area contributed by atoms with Crippen LogP contribution in [-0.2, 0) is 17.8 Å². The van der Waals surface area contributed by atoms with Crippen LogP contribution < -0.4 is 5.32 Å². The Balaban J connectivity index is 1.75. The van der Waals surface area contributed by atoms with Gasteiger partial charge in [0.25, 0.3) is 0 Å². The van der Waals surface area contributed by atoms with Crippen molar-refractivity contribution < 1.29 is 4.74 Å². The third-order valence-electron chi connectivity index (χ3n) is 3.35. The van der Waals surface area contributed by atoms with E-state index in [4.69, 9.17) is 4.74 Å². The Labute approximate surface area is 110 Å². The first-order valence-electron chi connectivity index (χ1n) is 7.08. The molecule has 0 radical (unpaired) electrons. The van der Waals surface area contributed by atoms with E-state index < -0.39 is 0 Å². The van der Waals surface area contributed by atoms with Gasteiger partial charge in [-0.15, -0.1) is 0 Å². The van der Waals surface area contributed by atoms with E-state index in [1.807, 2.05) is 6.20 Å². The van der Waals surface area contributed by atoms with Crippen molar-refractivity contribution >= 4 is 0 Å². The normalized spacial score (nSPS) is 19.8. The molecule has 0 aromatic carbocycles. The van der Waals surface area contributed by atoms with Crippen LogP contribution in [0.2, 0.25) is 0 Å². The van der Waals surface area contributed by atoms with Crippen LogP contribution in [0.25, 0.3) is 0 Å². The van der Waals surface area contributed by atoms with Gasteiger partial charge < -0.3 is 14.6 Å². The van der Waals surface area contributed by atoms with Crippen molar-refractivity contribution in [1.82, 2.24) is 14.9 Å². The van der Waals surface area contributed by atoms with E-state index in [1.165, 1.54) is 12.8 Å². The van der Waals surface area contributed by atoms with Crippen LogP contribution in [-0.4, -0.2) is 28.8 Å². The Morgan fingerprint density at radius 1 is 1.56 bits per heavy atom. The highest BCUT2D eigenvalue weighted by Crippen LogP contribution is 2.16. The van der Waals surface area contributed by atoms with Gasteiger partial charge >= 0.3 is 0 Å². The Morgan fingerprint density at radius 2 is 2.44 bits per heavy atom. The van der Waals surface area contributed by atoms with Gasteiger partial charge in [-0.05, 0) is 31.7 Å². The van der Waals surface area contributed by atoms with Crippen LogP contribution in [0.5, 0.6) is 0 Å². The molecule has 2 rings (SSSR count). The number of hydrogen-bond donors (Lipinski definition) is 1. The molecule has 4 nitrogen and oxygen atoms in total. The maximum Gasteiger partial charge on any atom is 0.122 e. The number of aromatic nitrogens is 2. The number of aryl methyl sites for hydroxylation is 1. The van der Waals surface area contributed by atoms with Crippen LogP contribution in [0.4, 0.5) is 0 Å². The van der Waals surface area contributed by atoms with E-state index in [-0.39, 0.29) is 0 Å². The maximum absolute atomic E-state index is 5.65. The van der Waals surface area contributed by atoms with Gasteiger partial charge in [0.2, 0.25) is 0 Å². The molecular formula is C14H25N3O. The molecule has 1 aromatic rings. The number of nitrogens with one attached hydrogen (secondary N) is 1. The van der Waals surface area contributed by atoms with Crippen molar-refractivity contribution in [3.8, 4) is 0 Å². The molecule has 1 N–H and O–H groups in total. The van der Waals surface area contributed by atoms with Crippen molar-refractivity contribution in [1.29, 1.82) is 0 Å².